The molecule has 3 heterocycles. The molecule has 2 aromatic heterocycles. The number of rotatable bonds is 10. The first-order valence-electron chi connectivity index (χ1n) is 12.3. The van der Waals surface area contributed by atoms with Crippen molar-refractivity contribution >= 4 is 27.8 Å². The van der Waals surface area contributed by atoms with Crippen molar-refractivity contribution < 1.29 is 18.9 Å². The van der Waals surface area contributed by atoms with Gasteiger partial charge in [0.1, 0.15) is 34.6 Å². The minimum absolute atomic E-state index is 0.619. The smallest absolute Gasteiger partial charge is 0.156 e. The number of ether oxygens (including phenoxy) is 4. The summed E-state index contributed by atoms with van der Waals surface area (Å²) in [4.78, 5) is 17.7. The zero-order valence-corrected chi connectivity index (χ0v) is 21.1. The van der Waals surface area contributed by atoms with Crippen LogP contribution >= 0.6 is 0 Å². The van der Waals surface area contributed by atoms with Gasteiger partial charge < -0.3 is 28.8 Å². The van der Waals surface area contributed by atoms with Gasteiger partial charge in [0, 0.05) is 49.2 Å². The van der Waals surface area contributed by atoms with E-state index in [4.69, 9.17) is 23.9 Å². The van der Waals surface area contributed by atoms with Gasteiger partial charge in [0.15, 0.2) is 5.82 Å². The molecule has 0 atom stereocenters. The molecule has 0 saturated carbocycles. The van der Waals surface area contributed by atoms with E-state index in [1.54, 1.807) is 27.7 Å². The predicted molar refractivity (Wildman–Crippen MR) is 140 cm³/mol. The molecule has 190 valence electrons. The summed E-state index contributed by atoms with van der Waals surface area (Å²) in [7, 11) is 5.05. The van der Waals surface area contributed by atoms with Gasteiger partial charge in [0.25, 0.3) is 0 Å². The third kappa shape index (κ3) is 5.03. The molecule has 9 nitrogen and oxygen atoms in total. The maximum Gasteiger partial charge on any atom is 0.156 e. The first-order chi connectivity index (χ1) is 17.7. The van der Waals surface area contributed by atoms with Gasteiger partial charge in [-0.1, -0.05) is 0 Å². The van der Waals surface area contributed by atoms with E-state index in [-0.39, 0.29) is 0 Å². The highest BCUT2D eigenvalue weighted by molar-refractivity contribution is 6.08. The minimum atomic E-state index is 0.619. The van der Waals surface area contributed by atoms with Gasteiger partial charge in [-0.15, -0.1) is 0 Å². The quantitative estimate of drug-likeness (QED) is 0.358. The highest BCUT2D eigenvalue weighted by Gasteiger charge is 2.20. The number of nitrogens with one attached hydrogen (secondary N) is 1. The first-order valence-corrected chi connectivity index (χ1v) is 12.3. The molecule has 0 aliphatic carbocycles. The number of nitrogens with zero attached hydrogens (tertiary/aromatic N) is 4. The summed E-state index contributed by atoms with van der Waals surface area (Å²) in [5.41, 5.74) is 3.83. The van der Waals surface area contributed by atoms with Crippen LogP contribution in [0.3, 0.4) is 0 Å². The summed E-state index contributed by atoms with van der Waals surface area (Å²) in [5, 5.41) is 1.01. The lowest BCUT2D eigenvalue weighted by atomic mass is 10.1. The fraction of sp³-hybridized carbons (Fsp3) is 0.407. The lowest BCUT2D eigenvalue weighted by Gasteiger charge is -2.29. The third-order valence-electron chi connectivity index (χ3n) is 6.72. The second-order valence-electron chi connectivity index (χ2n) is 8.86. The van der Waals surface area contributed by atoms with Crippen LogP contribution in [-0.2, 0) is 11.3 Å². The van der Waals surface area contributed by atoms with Crippen molar-refractivity contribution in [3.63, 3.8) is 0 Å². The van der Waals surface area contributed by atoms with E-state index in [2.05, 4.69) is 19.8 Å². The molecular weight excluding hydrogens is 458 g/mol. The number of morpholine rings is 1. The normalized spacial score (nSPS) is 14.3. The minimum Gasteiger partial charge on any atom is -0.497 e. The number of aromatic amines is 1. The average molecular weight is 492 g/mol. The Labute approximate surface area is 210 Å². The van der Waals surface area contributed by atoms with Gasteiger partial charge in [-0.05, 0) is 42.8 Å². The molecule has 0 amide bonds. The molecule has 0 bridgehead atoms. The summed E-state index contributed by atoms with van der Waals surface area (Å²) in [6, 6.07) is 11.9. The zero-order chi connectivity index (χ0) is 24.9. The van der Waals surface area contributed by atoms with Crippen molar-refractivity contribution in [1.82, 2.24) is 19.9 Å². The van der Waals surface area contributed by atoms with Crippen molar-refractivity contribution in [3.8, 4) is 17.2 Å². The molecule has 1 N–H and O–H groups in total. The van der Waals surface area contributed by atoms with E-state index in [1.807, 2.05) is 36.4 Å². The highest BCUT2D eigenvalue weighted by Crippen LogP contribution is 2.33. The van der Waals surface area contributed by atoms with Crippen LogP contribution in [0.2, 0.25) is 0 Å². The lowest BCUT2D eigenvalue weighted by Crippen LogP contribution is -2.38. The molecule has 5 rings (SSSR count). The maximum absolute atomic E-state index is 5.68. The third-order valence-corrected chi connectivity index (χ3v) is 6.72. The Hall–Kier alpha value is -3.56. The molecule has 0 spiro atoms. The Kier molecular flexibility index (Phi) is 7.39. The average Bonchev–Trinajstić information content (AvgIpc) is 3.31. The molecule has 4 aromatic rings. The molecule has 1 aliphatic rings. The van der Waals surface area contributed by atoms with Crippen LogP contribution in [0.25, 0.3) is 21.9 Å². The van der Waals surface area contributed by atoms with Gasteiger partial charge >= 0.3 is 0 Å². The van der Waals surface area contributed by atoms with Crippen LogP contribution in [0, 0.1) is 0 Å². The molecule has 0 unspecified atom stereocenters. The predicted octanol–water partition coefficient (Wildman–Crippen LogP) is 3.87. The Balaban J connectivity index is 1.51. The second-order valence-corrected chi connectivity index (χ2v) is 8.86. The van der Waals surface area contributed by atoms with Crippen LogP contribution in [0.1, 0.15) is 12.0 Å². The van der Waals surface area contributed by atoms with Gasteiger partial charge in [-0.3, -0.25) is 4.90 Å². The molecule has 9 heteroatoms. The molecule has 1 saturated heterocycles. The first kappa shape index (κ1) is 24.1. The van der Waals surface area contributed by atoms with Crippen molar-refractivity contribution in [3.05, 3.63) is 48.3 Å². The van der Waals surface area contributed by atoms with Crippen molar-refractivity contribution in [2.45, 2.75) is 13.0 Å². The van der Waals surface area contributed by atoms with Crippen LogP contribution in [0.5, 0.6) is 17.2 Å². The topological polar surface area (TPSA) is 85.0 Å². The number of H-pyrrole nitrogens is 1. The molecular formula is C27H33N5O4. The largest absolute Gasteiger partial charge is 0.497 e. The summed E-state index contributed by atoms with van der Waals surface area (Å²) in [6.45, 7) is 6.01. The molecule has 1 fully saturated rings. The number of hydrogen-bond acceptors (Lipinski definition) is 8. The number of aromatic nitrogens is 3. The SMILES string of the molecule is COc1ccc(OC)c(CN(CCCN2CCOCC2)c2ncnc3c2[nH]c2ccc(OC)cc23)c1. The summed E-state index contributed by atoms with van der Waals surface area (Å²) in [5.74, 6) is 3.28. The van der Waals surface area contributed by atoms with Crippen LogP contribution in [-0.4, -0.2) is 80.6 Å². The van der Waals surface area contributed by atoms with E-state index in [9.17, 15) is 0 Å². The van der Waals surface area contributed by atoms with Crippen molar-refractivity contribution in [1.29, 1.82) is 0 Å². The van der Waals surface area contributed by atoms with E-state index in [0.717, 1.165) is 96.4 Å². The fourth-order valence-corrected chi connectivity index (χ4v) is 4.81. The number of hydrogen-bond donors (Lipinski definition) is 1. The maximum atomic E-state index is 5.68. The van der Waals surface area contributed by atoms with Gasteiger partial charge in [0.2, 0.25) is 0 Å². The van der Waals surface area contributed by atoms with Gasteiger partial charge in [0.05, 0.1) is 34.5 Å². The number of benzene rings is 2. The van der Waals surface area contributed by atoms with Crippen LogP contribution in [0.15, 0.2) is 42.7 Å². The van der Waals surface area contributed by atoms with Crippen LogP contribution in [0.4, 0.5) is 5.82 Å². The van der Waals surface area contributed by atoms with Gasteiger partial charge in [-0.2, -0.15) is 0 Å². The number of methoxy groups -OCH3 is 3. The van der Waals surface area contributed by atoms with Crippen molar-refractivity contribution in [2.75, 3.05) is 65.6 Å². The van der Waals surface area contributed by atoms with E-state index < -0.39 is 0 Å². The van der Waals surface area contributed by atoms with E-state index in [1.165, 1.54) is 0 Å². The second kappa shape index (κ2) is 11.0. The molecule has 0 radical (unpaired) electrons. The standard InChI is InChI=1S/C27H33N5O4/c1-33-20-6-8-24(35-3)19(15-20)17-32(10-4-9-31-11-13-36-14-12-31)27-26-25(28-18-29-27)22-16-21(34-2)5-7-23(22)30-26/h5-8,15-16,18,30H,4,9-14,17H2,1-3H3. The van der Waals surface area contributed by atoms with Crippen LogP contribution < -0.4 is 19.1 Å². The lowest BCUT2D eigenvalue weighted by molar-refractivity contribution is 0.0376. The summed E-state index contributed by atoms with van der Waals surface area (Å²) >= 11 is 0. The molecule has 1 aliphatic heterocycles. The number of fused-ring (bicyclic) bond motifs is 3. The Morgan fingerprint density at radius 2 is 1.75 bits per heavy atom. The monoisotopic (exact) mass is 491 g/mol. The number of anilines is 1. The Bertz CT molecular complexity index is 1320. The zero-order valence-electron chi connectivity index (χ0n) is 21.1. The Morgan fingerprint density at radius 3 is 2.53 bits per heavy atom. The van der Waals surface area contributed by atoms with E-state index in [0.29, 0.717) is 6.54 Å². The Morgan fingerprint density at radius 1 is 0.972 bits per heavy atom. The fourth-order valence-electron chi connectivity index (χ4n) is 4.81. The van der Waals surface area contributed by atoms with Crippen molar-refractivity contribution in [2.24, 2.45) is 0 Å². The molecule has 2 aromatic carbocycles. The summed E-state index contributed by atoms with van der Waals surface area (Å²) < 4.78 is 22.1. The van der Waals surface area contributed by atoms with E-state index >= 15 is 0 Å². The highest BCUT2D eigenvalue weighted by atomic mass is 16.5. The summed E-state index contributed by atoms with van der Waals surface area (Å²) in [6.07, 6.45) is 2.63. The van der Waals surface area contributed by atoms with Gasteiger partial charge in [-0.25, -0.2) is 9.97 Å². The molecule has 36 heavy (non-hydrogen) atoms.